The summed E-state index contributed by atoms with van der Waals surface area (Å²) in [5.41, 5.74) is -0.150. The summed E-state index contributed by atoms with van der Waals surface area (Å²) in [6.07, 6.45) is 0.444. The van der Waals surface area contributed by atoms with Gasteiger partial charge < -0.3 is 19.5 Å². The number of methoxy groups -OCH3 is 2. The zero-order valence-electron chi connectivity index (χ0n) is 15.2. The average Bonchev–Trinajstić information content (AvgIpc) is 3.16. The Morgan fingerprint density at radius 3 is 2.65 bits per heavy atom. The summed E-state index contributed by atoms with van der Waals surface area (Å²) in [6.45, 7) is 4.38. The van der Waals surface area contributed by atoms with Gasteiger partial charge in [-0.2, -0.15) is 4.98 Å². The van der Waals surface area contributed by atoms with E-state index >= 15 is 0 Å². The number of aryl methyl sites for hydroxylation is 1. The van der Waals surface area contributed by atoms with E-state index < -0.39 is 11.4 Å². The molecule has 1 aliphatic heterocycles. The molecule has 9 heteroatoms. The van der Waals surface area contributed by atoms with Crippen LogP contribution in [-0.2, 0) is 16.1 Å². The highest BCUT2D eigenvalue weighted by Crippen LogP contribution is 2.37. The number of rotatable bonds is 5. The Kier molecular flexibility index (Phi) is 4.85. The van der Waals surface area contributed by atoms with Gasteiger partial charge >= 0.3 is 5.97 Å². The third kappa shape index (κ3) is 3.01. The van der Waals surface area contributed by atoms with Gasteiger partial charge in [-0.25, -0.2) is 4.98 Å². The number of carboxylic acids is 1. The van der Waals surface area contributed by atoms with Crippen LogP contribution < -0.4 is 4.74 Å². The Hall–Kier alpha value is -2.26. The van der Waals surface area contributed by atoms with Gasteiger partial charge in [0.15, 0.2) is 5.82 Å². The summed E-state index contributed by atoms with van der Waals surface area (Å²) in [5.74, 6) is -0.160. The molecular weight excluding hydrogens is 358 g/mol. The Balaban J connectivity index is 1.99. The summed E-state index contributed by atoms with van der Waals surface area (Å²) in [5, 5.41) is 10.1. The number of aromatic nitrogens is 2. The van der Waals surface area contributed by atoms with Crippen LogP contribution in [0.5, 0.6) is 5.88 Å². The molecule has 3 heterocycles. The lowest BCUT2D eigenvalue weighted by Crippen LogP contribution is -2.34. The maximum atomic E-state index is 13.0. The Morgan fingerprint density at radius 2 is 2.08 bits per heavy atom. The van der Waals surface area contributed by atoms with Crippen molar-refractivity contribution in [1.29, 1.82) is 0 Å². The number of hydrogen-bond donors (Lipinski definition) is 1. The fourth-order valence-electron chi connectivity index (χ4n) is 3.14. The van der Waals surface area contributed by atoms with Crippen molar-refractivity contribution in [3.63, 3.8) is 0 Å². The van der Waals surface area contributed by atoms with Crippen molar-refractivity contribution in [2.75, 3.05) is 27.3 Å². The molecule has 1 N–H and O–H groups in total. The summed E-state index contributed by atoms with van der Waals surface area (Å²) in [6, 6.07) is 0. The first kappa shape index (κ1) is 18.5. The molecule has 1 aliphatic rings. The van der Waals surface area contributed by atoms with Gasteiger partial charge in [0, 0.05) is 20.2 Å². The second-order valence-electron chi connectivity index (χ2n) is 6.66. The number of hydrogen-bond acceptors (Lipinski definition) is 7. The zero-order valence-corrected chi connectivity index (χ0v) is 16.0. The SMILES string of the molecule is COCc1nc(OC)c2c(C)c(C(=O)N3CCC(C)(C(=O)O)C3)sc2n1. The summed E-state index contributed by atoms with van der Waals surface area (Å²) >= 11 is 1.27. The smallest absolute Gasteiger partial charge is 0.311 e. The topological polar surface area (TPSA) is 102 Å². The number of carbonyl (C=O) groups is 2. The van der Waals surface area contributed by atoms with Gasteiger partial charge in [-0.15, -0.1) is 11.3 Å². The Bertz CT molecular complexity index is 881. The number of ether oxygens (including phenoxy) is 2. The molecule has 2 aromatic heterocycles. The van der Waals surface area contributed by atoms with E-state index in [1.54, 1.807) is 18.9 Å². The second kappa shape index (κ2) is 6.81. The standard InChI is InChI=1S/C17H21N3O5S/c1-9-11-13(25-4)18-10(7-24-3)19-14(11)26-12(9)15(21)20-6-5-17(2,8-20)16(22)23/h5-8H2,1-4H3,(H,22,23). The molecule has 8 nitrogen and oxygen atoms in total. The minimum atomic E-state index is -0.899. The highest BCUT2D eigenvalue weighted by Gasteiger charge is 2.42. The first-order chi connectivity index (χ1) is 12.3. The molecule has 0 aromatic carbocycles. The number of thiophene rings is 1. The first-order valence-corrected chi connectivity index (χ1v) is 8.98. The lowest BCUT2D eigenvalue weighted by Gasteiger charge is -2.19. The van der Waals surface area contributed by atoms with Crippen LogP contribution in [0.1, 0.15) is 34.4 Å². The molecule has 0 spiro atoms. The molecule has 0 saturated carbocycles. The molecular formula is C17H21N3O5S. The van der Waals surface area contributed by atoms with Gasteiger partial charge in [-0.3, -0.25) is 9.59 Å². The normalized spacial score (nSPS) is 19.9. The van der Waals surface area contributed by atoms with E-state index in [-0.39, 0.29) is 19.1 Å². The van der Waals surface area contributed by atoms with Gasteiger partial charge in [0.25, 0.3) is 5.91 Å². The van der Waals surface area contributed by atoms with Gasteiger partial charge in [0.2, 0.25) is 5.88 Å². The highest BCUT2D eigenvalue weighted by molar-refractivity contribution is 7.20. The van der Waals surface area contributed by atoms with Gasteiger partial charge in [0.1, 0.15) is 11.4 Å². The summed E-state index contributed by atoms with van der Waals surface area (Å²) in [7, 11) is 3.08. The van der Waals surface area contributed by atoms with Crippen molar-refractivity contribution in [2.24, 2.45) is 5.41 Å². The van der Waals surface area contributed by atoms with Crippen molar-refractivity contribution in [3.8, 4) is 5.88 Å². The average molecular weight is 379 g/mol. The summed E-state index contributed by atoms with van der Waals surface area (Å²) in [4.78, 5) is 36.0. The van der Waals surface area contributed by atoms with Crippen LogP contribution in [0.15, 0.2) is 0 Å². The number of fused-ring (bicyclic) bond motifs is 1. The molecule has 0 aliphatic carbocycles. The molecule has 0 radical (unpaired) electrons. The zero-order chi connectivity index (χ0) is 19.1. The highest BCUT2D eigenvalue weighted by atomic mass is 32.1. The van der Waals surface area contributed by atoms with Crippen LogP contribution in [0.25, 0.3) is 10.2 Å². The van der Waals surface area contributed by atoms with E-state index in [0.717, 1.165) is 5.56 Å². The molecule has 0 bridgehead atoms. The summed E-state index contributed by atoms with van der Waals surface area (Å²) < 4.78 is 10.5. The second-order valence-corrected chi connectivity index (χ2v) is 7.66. The van der Waals surface area contributed by atoms with Crippen molar-refractivity contribution in [2.45, 2.75) is 26.9 Å². The number of amides is 1. The van der Waals surface area contributed by atoms with E-state index in [1.807, 2.05) is 6.92 Å². The largest absolute Gasteiger partial charge is 0.481 e. The van der Waals surface area contributed by atoms with Crippen LogP contribution >= 0.6 is 11.3 Å². The van der Waals surface area contributed by atoms with Crippen molar-refractivity contribution >= 4 is 33.4 Å². The lowest BCUT2D eigenvalue weighted by atomic mass is 9.90. The van der Waals surface area contributed by atoms with E-state index in [4.69, 9.17) is 9.47 Å². The fourth-order valence-corrected chi connectivity index (χ4v) is 4.30. The molecule has 3 rings (SSSR count). The lowest BCUT2D eigenvalue weighted by molar-refractivity contribution is -0.147. The maximum Gasteiger partial charge on any atom is 0.311 e. The van der Waals surface area contributed by atoms with Gasteiger partial charge in [0.05, 0.1) is 22.8 Å². The molecule has 1 amide bonds. The third-order valence-corrected chi connectivity index (χ3v) is 5.91. The molecule has 1 atom stereocenters. The van der Waals surface area contributed by atoms with E-state index in [0.29, 0.717) is 39.8 Å². The van der Waals surface area contributed by atoms with Crippen molar-refractivity contribution in [3.05, 3.63) is 16.3 Å². The minimum absolute atomic E-state index is 0.175. The predicted molar refractivity (Wildman–Crippen MR) is 95.7 cm³/mol. The molecule has 1 fully saturated rings. The maximum absolute atomic E-state index is 13.0. The minimum Gasteiger partial charge on any atom is -0.481 e. The third-order valence-electron chi connectivity index (χ3n) is 4.74. The van der Waals surface area contributed by atoms with E-state index in [2.05, 4.69) is 9.97 Å². The number of carboxylic acid groups (broad SMARTS) is 1. The van der Waals surface area contributed by atoms with E-state index in [1.165, 1.54) is 18.4 Å². The number of carbonyl (C=O) groups excluding carboxylic acids is 1. The van der Waals surface area contributed by atoms with Gasteiger partial charge in [-0.1, -0.05) is 0 Å². The Morgan fingerprint density at radius 1 is 1.35 bits per heavy atom. The fraction of sp³-hybridized carbons (Fsp3) is 0.529. The Labute approximate surface area is 154 Å². The van der Waals surface area contributed by atoms with Crippen LogP contribution in [-0.4, -0.2) is 59.2 Å². The molecule has 26 heavy (non-hydrogen) atoms. The monoisotopic (exact) mass is 379 g/mol. The first-order valence-electron chi connectivity index (χ1n) is 8.16. The van der Waals surface area contributed by atoms with Crippen molar-refractivity contribution < 1.29 is 24.2 Å². The van der Waals surface area contributed by atoms with Crippen LogP contribution in [0, 0.1) is 12.3 Å². The number of likely N-dealkylation sites (tertiary alicyclic amines) is 1. The van der Waals surface area contributed by atoms with Crippen molar-refractivity contribution in [1.82, 2.24) is 14.9 Å². The molecule has 1 saturated heterocycles. The van der Waals surface area contributed by atoms with Crippen LogP contribution in [0.2, 0.25) is 0 Å². The molecule has 1 unspecified atom stereocenters. The van der Waals surface area contributed by atoms with Crippen LogP contribution in [0.4, 0.5) is 0 Å². The number of aliphatic carboxylic acids is 1. The van der Waals surface area contributed by atoms with E-state index in [9.17, 15) is 14.7 Å². The quantitative estimate of drug-likeness (QED) is 0.848. The van der Waals surface area contributed by atoms with Crippen LogP contribution in [0.3, 0.4) is 0 Å². The molecule has 2 aromatic rings. The van der Waals surface area contributed by atoms with Gasteiger partial charge in [-0.05, 0) is 25.8 Å². The predicted octanol–water partition coefficient (Wildman–Crippen LogP) is 2.09. The number of nitrogens with zero attached hydrogens (tertiary/aromatic N) is 3. The molecule has 140 valence electrons.